The number of carbonyl (C=O) groups is 3. The Labute approximate surface area is 193 Å². The third-order valence-corrected chi connectivity index (χ3v) is 5.90. The lowest BCUT2D eigenvalue weighted by Crippen LogP contribution is -2.31. The summed E-state index contributed by atoms with van der Waals surface area (Å²) in [5.74, 6) is -0.371. The van der Waals surface area contributed by atoms with Crippen LogP contribution in [0.25, 0.3) is 0 Å². The number of hydrogen-bond acceptors (Lipinski definition) is 5. The number of nitrogens with zero attached hydrogens (tertiary/aromatic N) is 1. The van der Waals surface area contributed by atoms with Gasteiger partial charge in [-0.2, -0.15) is 0 Å². The van der Waals surface area contributed by atoms with E-state index in [0.29, 0.717) is 23.4 Å². The Kier molecular flexibility index (Phi) is 7.57. The number of hydrogen-bond donors (Lipinski definition) is 3. The number of benzene rings is 2. The van der Waals surface area contributed by atoms with E-state index >= 15 is 0 Å². The maximum Gasteiger partial charge on any atom is 0.253 e. The largest absolute Gasteiger partial charge is 0.376 e. The molecule has 3 N–H and O–H groups in total. The highest BCUT2D eigenvalue weighted by atomic mass is 16.5. The summed E-state index contributed by atoms with van der Waals surface area (Å²) in [6, 6.07) is 14.0. The van der Waals surface area contributed by atoms with E-state index in [4.69, 9.17) is 4.74 Å². The number of likely N-dealkylation sites (tertiary alicyclic amines) is 1. The molecule has 8 heteroatoms. The summed E-state index contributed by atoms with van der Waals surface area (Å²) in [6.45, 7) is 2.93. The summed E-state index contributed by atoms with van der Waals surface area (Å²) in [4.78, 5) is 39.0. The minimum absolute atomic E-state index is 0.0523. The van der Waals surface area contributed by atoms with Crippen molar-refractivity contribution in [2.75, 3.05) is 43.4 Å². The molecule has 174 valence electrons. The van der Waals surface area contributed by atoms with E-state index in [1.165, 1.54) is 0 Å². The predicted molar refractivity (Wildman–Crippen MR) is 126 cm³/mol. The SMILES string of the molecule is O=C(CNc1ccc(C(=O)N2CCCC2)cc1)Nc1cccc(C(=O)NCC2CCCO2)c1. The zero-order valence-electron chi connectivity index (χ0n) is 18.6. The Bertz CT molecular complexity index is 980. The first kappa shape index (κ1) is 22.8. The molecule has 3 amide bonds. The molecule has 33 heavy (non-hydrogen) atoms. The Morgan fingerprint density at radius 1 is 0.939 bits per heavy atom. The summed E-state index contributed by atoms with van der Waals surface area (Å²) in [5.41, 5.74) is 2.45. The van der Waals surface area contributed by atoms with Crippen LogP contribution in [-0.4, -0.2) is 61.5 Å². The van der Waals surface area contributed by atoms with Crippen LogP contribution in [0, 0.1) is 0 Å². The maximum atomic E-state index is 12.4. The van der Waals surface area contributed by atoms with Gasteiger partial charge < -0.3 is 25.6 Å². The Balaban J connectivity index is 1.24. The topological polar surface area (TPSA) is 99.8 Å². The predicted octanol–water partition coefficient (Wildman–Crippen LogP) is 2.88. The number of rotatable bonds is 8. The standard InChI is InChI=1S/C25H30N4O4/c30-23(17-26-20-10-8-18(9-11-20)25(32)29-12-1-2-13-29)28-21-6-3-5-19(15-21)24(31)27-16-22-7-4-14-33-22/h3,5-6,8-11,15,22,26H,1-2,4,7,12-14,16-17H2,(H,27,31)(H,28,30). The molecule has 2 aromatic rings. The van der Waals surface area contributed by atoms with Gasteiger partial charge in [0, 0.05) is 48.7 Å². The zero-order valence-corrected chi connectivity index (χ0v) is 18.6. The minimum Gasteiger partial charge on any atom is -0.376 e. The van der Waals surface area contributed by atoms with Gasteiger partial charge in [0.05, 0.1) is 12.6 Å². The minimum atomic E-state index is -0.232. The molecular formula is C25H30N4O4. The van der Waals surface area contributed by atoms with Crippen LogP contribution in [0.15, 0.2) is 48.5 Å². The van der Waals surface area contributed by atoms with Crippen LogP contribution in [-0.2, 0) is 9.53 Å². The second-order valence-corrected chi connectivity index (χ2v) is 8.40. The summed E-state index contributed by atoms with van der Waals surface area (Å²) in [7, 11) is 0. The van der Waals surface area contributed by atoms with Crippen molar-refractivity contribution in [3.63, 3.8) is 0 Å². The van der Waals surface area contributed by atoms with Crippen molar-refractivity contribution in [2.24, 2.45) is 0 Å². The van der Waals surface area contributed by atoms with Gasteiger partial charge in [0.1, 0.15) is 0 Å². The van der Waals surface area contributed by atoms with Gasteiger partial charge >= 0.3 is 0 Å². The van der Waals surface area contributed by atoms with E-state index < -0.39 is 0 Å². The maximum absolute atomic E-state index is 12.4. The monoisotopic (exact) mass is 450 g/mol. The van der Waals surface area contributed by atoms with Crippen molar-refractivity contribution < 1.29 is 19.1 Å². The summed E-state index contributed by atoms with van der Waals surface area (Å²) in [6.07, 6.45) is 4.18. The number of amides is 3. The zero-order chi connectivity index (χ0) is 23.0. The summed E-state index contributed by atoms with van der Waals surface area (Å²) < 4.78 is 5.52. The highest BCUT2D eigenvalue weighted by molar-refractivity contribution is 5.98. The molecule has 2 heterocycles. The molecule has 0 radical (unpaired) electrons. The van der Waals surface area contributed by atoms with Crippen LogP contribution in [0.4, 0.5) is 11.4 Å². The fourth-order valence-electron chi connectivity index (χ4n) is 4.07. The van der Waals surface area contributed by atoms with E-state index in [-0.39, 0.29) is 30.4 Å². The lowest BCUT2D eigenvalue weighted by atomic mass is 10.1. The Morgan fingerprint density at radius 3 is 2.45 bits per heavy atom. The highest BCUT2D eigenvalue weighted by Gasteiger charge is 2.19. The lowest BCUT2D eigenvalue weighted by molar-refractivity contribution is -0.114. The van der Waals surface area contributed by atoms with Crippen molar-refractivity contribution >= 4 is 29.1 Å². The molecule has 0 saturated carbocycles. The second-order valence-electron chi connectivity index (χ2n) is 8.40. The second kappa shape index (κ2) is 11.0. The van der Waals surface area contributed by atoms with E-state index in [1.807, 2.05) is 4.90 Å². The highest BCUT2D eigenvalue weighted by Crippen LogP contribution is 2.16. The molecule has 0 spiro atoms. The Morgan fingerprint density at radius 2 is 1.73 bits per heavy atom. The first-order valence-corrected chi connectivity index (χ1v) is 11.5. The lowest BCUT2D eigenvalue weighted by Gasteiger charge is -2.15. The van der Waals surface area contributed by atoms with Crippen LogP contribution < -0.4 is 16.0 Å². The first-order valence-electron chi connectivity index (χ1n) is 11.5. The summed E-state index contributed by atoms with van der Waals surface area (Å²) in [5, 5.41) is 8.75. The molecule has 0 bridgehead atoms. The van der Waals surface area contributed by atoms with Gasteiger partial charge in [-0.05, 0) is 68.1 Å². The quantitative estimate of drug-likeness (QED) is 0.574. The third kappa shape index (κ3) is 6.32. The van der Waals surface area contributed by atoms with Gasteiger partial charge in [-0.25, -0.2) is 0 Å². The van der Waals surface area contributed by atoms with Crippen molar-refractivity contribution in [1.29, 1.82) is 0 Å². The third-order valence-electron chi connectivity index (χ3n) is 5.90. The van der Waals surface area contributed by atoms with Gasteiger partial charge in [-0.15, -0.1) is 0 Å². The number of anilines is 2. The van der Waals surface area contributed by atoms with Crippen LogP contribution in [0.5, 0.6) is 0 Å². The molecule has 1 unspecified atom stereocenters. The Hall–Kier alpha value is -3.39. The van der Waals surface area contributed by atoms with Crippen LogP contribution in [0.3, 0.4) is 0 Å². The van der Waals surface area contributed by atoms with Crippen LogP contribution in [0.2, 0.25) is 0 Å². The van der Waals surface area contributed by atoms with Gasteiger partial charge in [0.2, 0.25) is 5.91 Å². The number of nitrogens with one attached hydrogen (secondary N) is 3. The molecule has 2 aliphatic heterocycles. The van der Waals surface area contributed by atoms with Crippen molar-refractivity contribution in [2.45, 2.75) is 31.8 Å². The van der Waals surface area contributed by atoms with Crippen molar-refractivity contribution in [1.82, 2.24) is 10.2 Å². The molecule has 0 aromatic heterocycles. The molecule has 2 fully saturated rings. The van der Waals surface area contributed by atoms with E-state index in [0.717, 1.165) is 51.1 Å². The first-order chi connectivity index (χ1) is 16.1. The molecule has 0 aliphatic carbocycles. The van der Waals surface area contributed by atoms with Gasteiger partial charge in [-0.1, -0.05) is 6.07 Å². The molecule has 4 rings (SSSR count). The van der Waals surface area contributed by atoms with Crippen LogP contribution >= 0.6 is 0 Å². The number of ether oxygens (including phenoxy) is 1. The summed E-state index contributed by atoms with van der Waals surface area (Å²) >= 11 is 0. The molecule has 2 aliphatic rings. The fraction of sp³-hybridized carbons (Fsp3) is 0.400. The van der Waals surface area contributed by atoms with E-state index in [9.17, 15) is 14.4 Å². The normalized spacial score (nSPS) is 17.6. The van der Waals surface area contributed by atoms with Crippen molar-refractivity contribution in [3.05, 3.63) is 59.7 Å². The van der Waals surface area contributed by atoms with Gasteiger partial charge in [0.15, 0.2) is 0 Å². The molecule has 1 atom stereocenters. The fourth-order valence-corrected chi connectivity index (χ4v) is 4.07. The van der Waals surface area contributed by atoms with Gasteiger partial charge in [0.25, 0.3) is 11.8 Å². The molecule has 2 aromatic carbocycles. The number of carbonyl (C=O) groups excluding carboxylic acids is 3. The average molecular weight is 451 g/mol. The van der Waals surface area contributed by atoms with Crippen molar-refractivity contribution in [3.8, 4) is 0 Å². The molecule has 2 saturated heterocycles. The molecular weight excluding hydrogens is 420 g/mol. The van der Waals surface area contributed by atoms with Crippen LogP contribution in [0.1, 0.15) is 46.4 Å². The van der Waals surface area contributed by atoms with E-state index in [1.54, 1.807) is 48.5 Å². The van der Waals surface area contributed by atoms with E-state index in [2.05, 4.69) is 16.0 Å². The average Bonchev–Trinajstić information content (AvgIpc) is 3.56. The van der Waals surface area contributed by atoms with Gasteiger partial charge in [-0.3, -0.25) is 14.4 Å². The smallest absolute Gasteiger partial charge is 0.253 e. The molecule has 8 nitrogen and oxygen atoms in total.